The molecule has 0 saturated carbocycles. The first kappa shape index (κ1) is 8.32. The molecule has 0 saturated heterocycles. The van der Waals surface area contributed by atoms with E-state index in [-0.39, 0.29) is 10.6 Å². The average Bonchev–Trinajstić information content (AvgIpc) is 2.15. The van der Waals surface area contributed by atoms with Crippen molar-refractivity contribution < 1.29 is 0 Å². The molecule has 1 aromatic carbocycles. The number of benzene rings is 1. The van der Waals surface area contributed by atoms with Crippen LogP contribution < -0.4 is 5.56 Å². The second kappa shape index (κ2) is 2.89. The van der Waals surface area contributed by atoms with Crippen molar-refractivity contribution in [3.8, 4) is 0 Å². The number of aromatic nitrogens is 1. The van der Waals surface area contributed by atoms with Crippen LogP contribution in [0.4, 0.5) is 0 Å². The number of H-pyrrole nitrogens is 1. The second-order valence-electron chi connectivity index (χ2n) is 2.94. The van der Waals surface area contributed by atoms with Crippen molar-refractivity contribution in [3.05, 3.63) is 45.2 Å². The molecule has 0 fully saturated rings. The van der Waals surface area contributed by atoms with Crippen LogP contribution in [-0.4, -0.2) is 4.98 Å². The van der Waals surface area contributed by atoms with Crippen LogP contribution in [-0.2, 0) is 0 Å². The van der Waals surface area contributed by atoms with Crippen molar-refractivity contribution >= 4 is 22.5 Å². The fourth-order valence-electron chi connectivity index (χ4n) is 1.38. The molecule has 1 heterocycles. The van der Waals surface area contributed by atoms with Gasteiger partial charge in [0.15, 0.2) is 0 Å². The molecule has 2 nitrogen and oxygen atoms in total. The van der Waals surface area contributed by atoms with Crippen LogP contribution in [0, 0.1) is 6.92 Å². The number of aromatic amines is 1. The van der Waals surface area contributed by atoms with E-state index in [4.69, 9.17) is 11.6 Å². The van der Waals surface area contributed by atoms with Gasteiger partial charge in [0.2, 0.25) is 0 Å². The summed E-state index contributed by atoms with van der Waals surface area (Å²) in [7, 11) is 0. The topological polar surface area (TPSA) is 32.9 Å². The van der Waals surface area contributed by atoms with Gasteiger partial charge in [0.1, 0.15) is 5.02 Å². The lowest BCUT2D eigenvalue weighted by Crippen LogP contribution is -2.07. The standard InChI is InChI=1S/C10H8ClNO/c1-6-7-4-2-3-5-8(7)12-10(13)9(6)11/h2-5H,1H3,(H,12,13). The molecule has 0 bridgehead atoms. The second-order valence-corrected chi connectivity index (χ2v) is 3.32. The summed E-state index contributed by atoms with van der Waals surface area (Å²) in [5.74, 6) is 0. The first-order valence-corrected chi connectivity index (χ1v) is 4.35. The lowest BCUT2D eigenvalue weighted by Gasteiger charge is -2.02. The van der Waals surface area contributed by atoms with Crippen molar-refractivity contribution in [2.24, 2.45) is 0 Å². The van der Waals surface area contributed by atoms with E-state index in [1.54, 1.807) is 0 Å². The van der Waals surface area contributed by atoms with Crippen molar-refractivity contribution in [2.75, 3.05) is 0 Å². The van der Waals surface area contributed by atoms with Crippen LogP contribution >= 0.6 is 11.6 Å². The zero-order valence-electron chi connectivity index (χ0n) is 7.10. The molecule has 2 aromatic rings. The van der Waals surface area contributed by atoms with Crippen molar-refractivity contribution in [1.82, 2.24) is 4.98 Å². The number of nitrogens with one attached hydrogen (secondary N) is 1. The van der Waals surface area contributed by atoms with Gasteiger partial charge in [-0.1, -0.05) is 29.8 Å². The summed E-state index contributed by atoms with van der Waals surface area (Å²) in [5.41, 5.74) is 1.44. The maximum absolute atomic E-state index is 11.3. The van der Waals surface area contributed by atoms with E-state index in [2.05, 4.69) is 4.98 Å². The van der Waals surface area contributed by atoms with Crippen molar-refractivity contribution in [2.45, 2.75) is 6.92 Å². The van der Waals surface area contributed by atoms with Crippen LogP contribution in [0.15, 0.2) is 29.1 Å². The molecule has 0 radical (unpaired) electrons. The minimum atomic E-state index is -0.224. The molecule has 0 unspecified atom stereocenters. The van der Waals surface area contributed by atoms with Crippen LogP contribution in [0.2, 0.25) is 5.02 Å². The molecule has 3 heteroatoms. The molecule has 66 valence electrons. The summed E-state index contributed by atoms with van der Waals surface area (Å²) in [4.78, 5) is 14.0. The number of hydrogen-bond acceptors (Lipinski definition) is 1. The fraction of sp³-hybridized carbons (Fsp3) is 0.100. The minimum Gasteiger partial charge on any atom is -0.321 e. The lowest BCUT2D eigenvalue weighted by molar-refractivity contribution is 1.28. The molecule has 1 aromatic heterocycles. The van der Waals surface area contributed by atoms with E-state index < -0.39 is 0 Å². The summed E-state index contributed by atoms with van der Waals surface area (Å²) >= 11 is 5.81. The molecule has 13 heavy (non-hydrogen) atoms. The Morgan fingerprint density at radius 2 is 2.00 bits per heavy atom. The first-order valence-electron chi connectivity index (χ1n) is 3.97. The molecule has 0 amide bonds. The SMILES string of the molecule is Cc1c(Cl)c(=O)[nH]c2ccccc12. The predicted octanol–water partition coefficient (Wildman–Crippen LogP) is 2.49. The van der Waals surface area contributed by atoms with Crippen molar-refractivity contribution in [3.63, 3.8) is 0 Å². The summed E-state index contributed by atoms with van der Waals surface area (Å²) in [6.45, 7) is 1.85. The molecule has 2 rings (SSSR count). The van der Waals surface area contributed by atoms with E-state index in [0.717, 1.165) is 16.5 Å². The largest absolute Gasteiger partial charge is 0.321 e. The van der Waals surface area contributed by atoms with Crippen LogP contribution in [0.1, 0.15) is 5.56 Å². The van der Waals surface area contributed by atoms with Gasteiger partial charge in [-0.2, -0.15) is 0 Å². The normalized spacial score (nSPS) is 10.6. The highest BCUT2D eigenvalue weighted by Gasteiger charge is 2.04. The molecule has 0 aliphatic rings. The molecular formula is C10H8ClNO. The zero-order chi connectivity index (χ0) is 9.42. The Morgan fingerprint density at radius 1 is 1.31 bits per heavy atom. The first-order chi connectivity index (χ1) is 6.20. The number of para-hydroxylation sites is 1. The van der Waals surface area contributed by atoms with E-state index in [0.29, 0.717) is 0 Å². The smallest absolute Gasteiger partial charge is 0.267 e. The van der Waals surface area contributed by atoms with Gasteiger partial charge in [-0.05, 0) is 18.6 Å². The Bertz CT molecular complexity index is 516. The minimum absolute atomic E-state index is 0.224. The van der Waals surface area contributed by atoms with Gasteiger partial charge in [0.05, 0.1) is 0 Å². The van der Waals surface area contributed by atoms with Gasteiger partial charge in [-0.15, -0.1) is 0 Å². The Hall–Kier alpha value is -1.28. The maximum atomic E-state index is 11.3. The number of aryl methyl sites for hydroxylation is 1. The quantitative estimate of drug-likeness (QED) is 0.685. The molecule has 1 N–H and O–H groups in total. The number of rotatable bonds is 0. The highest BCUT2D eigenvalue weighted by molar-refractivity contribution is 6.32. The number of hydrogen-bond donors (Lipinski definition) is 1. The highest BCUT2D eigenvalue weighted by atomic mass is 35.5. The lowest BCUT2D eigenvalue weighted by atomic mass is 10.1. The maximum Gasteiger partial charge on any atom is 0.267 e. The number of fused-ring (bicyclic) bond motifs is 1. The Balaban J connectivity index is 3.02. The third kappa shape index (κ3) is 1.23. The summed E-state index contributed by atoms with van der Waals surface area (Å²) < 4.78 is 0. The van der Waals surface area contributed by atoms with E-state index in [1.165, 1.54) is 0 Å². The number of halogens is 1. The van der Waals surface area contributed by atoms with Gasteiger partial charge >= 0.3 is 0 Å². The van der Waals surface area contributed by atoms with Crippen molar-refractivity contribution in [1.29, 1.82) is 0 Å². The van der Waals surface area contributed by atoms with Gasteiger partial charge in [-0.3, -0.25) is 4.79 Å². The highest BCUT2D eigenvalue weighted by Crippen LogP contribution is 2.19. The Labute approximate surface area is 80.2 Å². The van der Waals surface area contributed by atoms with E-state index >= 15 is 0 Å². The molecular weight excluding hydrogens is 186 g/mol. The monoisotopic (exact) mass is 193 g/mol. The molecule has 0 atom stereocenters. The summed E-state index contributed by atoms with van der Waals surface area (Å²) in [6, 6.07) is 7.60. The van der Waals surface area contributed by atoms with Gasteiger partial charge < -0.3 is 4.98 Å². The summed E-state index contributed by atoms with van der Waals surface area (Å²) in [6.07, 6.45) is 0. The zero-order valence-corrected chi connectivity index (χ0v) is 7.85. The Morgan fingerprint density at radius 3 is 2.77 bits per heavy atom. The summed E-state index contributed by atoms with van der Waals surface area (Å²) in [5, 5.41) is 1.27. The molecule has 0 aliphatic carbocycles. The van der Waals surface area contributed by atoms with Crippen LogP contribution in [0.3, 0.4) is 0 Å². The van der Waals surface area contributed by atoms with E-state index in [9.17, 15) is 4.79 Å². The van der Waals surface area contributed by atoms with Gasteiger partial charge in [-0.25, -0.2) is 0 Å². The van der Waals surface area contributed by atoms with Crippen LogP contribution in [0.5, 0.6) is 0 Å². The van der Waals surface area contributed by atoms with E-state index in [1.807, 2.05) is 31.2 Å². The van der Waals surface area contributed by atoms with Crippen LogP contribution in [0.25, 0.3) is 10.9 Å². The molecule has 0 aliphatic heterocycles. The molecule has 0 spiro atoms. The third-order valence-electron chi connectivity index (χ3n) is 2.11. The van der Waals surface area contributed by atoms with Gasteiger partial charge in [0, 0.05) is 10.9 Å². The third-order valence-corrected chi connectivity index (χ3v) is 2.56. The predicted molar refractivity (Wildman–Crippen MR) is 54.3 cm³/mol. The average molecular weight is 194 g/mol. The fourth-order valence-corrected chi connectivity index (χ4v) is 1.53. The Kier molecular flexibility index (Phi) is 1.85. The number of pyridine rings is 1. The van der Waals surface area contributed by atoms with Gasteiger partial charge in [0.25, 0.3) is 5.56 Å².